The Balaban J connectivity index is 0.00000364. The van der Waals surface area contributed by atoms with E-state index in [0.29, 0.717) is 25.3 Å². The highest BCUT2D eigenvalue weighted by Gasteiger charge is 2.30. The summed E-state index contributed by atoms with van der Waals surface area (Å²) in [4.78, 5) is 6.20. The van der Waals surface area contributed by atoms with E-state index in [2.05, 4.69) is 19.9 Å². The molecule has 1 aromatic rings. The number of alkyl halides is 3. The Kier molecular flexibility index (Phi) is 10.1. The molecule has 0 spiro atoms. The van der Waals surface area contributed by atoms with Crippen LogP contribution < -0.4 is 15.8 Å². The standard InChI is InChI=1S/C16H23F3N4O3.HI/c17-16(18,19)26-14-3-1-12(2-4-14)9-21-15(20)22-10-13(24)11-23-5-7-25-8-6-23;/h1-4,13,24H,5-11H2,(H3,20,21,22);1H. The smallest absolute Gasteiger partial charge is 0.406 e. The molecule has 1 atom stereocenters. The second kappa shape index (κ2) is 11.5. The molecule has 0 bridgehead atoms. The van der Waals surface area contributed by atoms with Crippen LogP contribution in [0.25, 0.3) is 0 Å². The van der Waals surface area contributed by atoms with Crippen molar-refractivity contribution in [3.8, 4) is 5.75 Å². The van der Waals surface area contributed by atoms with Crippen LogP contribution in [0.15, 0.2) is 29.3 Å². The average molecular weight is 504 g/mol. The third-order valence-corrected chi connectivity index (χ3v) is 3.68. The summed E-state index contributed by atoms with van der Waals surface area (Å²) < 4.78 is 45.3. The predicted octanol–water partition coefficient (Wildman–Crippen LogP) is 1.30. The fraction of sp³-hybridized carbons (Fsp3) is 0.562. The zero-order valence-corrected chi connectivity index (χ0v) is 16.9. The van der Waals surface area contributed by atoms with Gasteiger partial charge in [-0.2, -0.15) is 0 Å². The van der Waals surface area contributed by atoms with Gasteiger partial charge in [-0.25, -0.2) is 4.99 Å². The van der Waals surface area contributed by atoms with Crippen molar-refractivity contribution >= 4 is 29.9 Å². The van der Waals surface area contributed by atoms with E-state index in [-0.39, 0.29) is 48.8 Å². The number of morpholine rings is 1. The van der Waals surface area contributed by atoms with Crippen LogP contribution in [0.4, 0.5) is 13.2 Å². The monoisotopic (exact) mass is 504 g/mol. The molecule has 4 N–H and O–H groups in total. The van der Waals surface area contributed by atoms with E-state index in [0.717, 1.165) is 13.1 Å². The van der Waals surface area contributed by atoms with Gasteiger partial charge in [-0.1, -0.05) is 12.1 Å². The minimum atomic E-state index is -4.71. The number of halogens is 4. The number of hydrogen-bond donors (Lipinski definition) is 3. The molecule has 154 valence electrons. The van der Waals surface area contributed by atoms with Gasteiger partial charge in [0, 0.05) is 26.2 Å². The van der Waals surface area contributed by atoms with Crippen molar-refractivity contribution in [2.75, 3.05) is 39.4 Å². The second-order valence-corrected chi connectivity index (χ2v) is 5.84. The maximum Gasteiger partial charge on any atom is 0.573 e. The maximum absolute atomic E-state index is 12.1. The Bertz CT molecular complexity index is 581. The minimum absolute atomic E-state index is 0. The van der Waals surface area contributed by atoms with Crippen LogP contribution in [0, 0.1) is 0 Å². The highest BCUT2D eigenvalue weighted by molar-refractivity contribution is 14.0. The molecule has 2 rings (SSSR count). The molecule has 11 heteroatoms. The summed E-state index contributed by atoms with van der Waals surface area (Å²) in [6.07, 6.45) is -5.31. The summed E-state index contributed by atoms with van der Waals surface area (Å²) in [5.74, 6) is -0.135. The molecule has 0 aromatic heterocycles. The topological polar surface area (TPSA) is 92.3 Å². The van der Waals surface area contributed by atoms with Crippen molar-refractivity contribution in [3.63, 3.8) is 0 Å². The molecular formula is C16H24F3IN4O3. The summed E-state index contributed by atoms with van der Waals surface area (Å²) in [5, 5.41) is 12.8. The Hall–Kier alpha value is -1.31. The van der Waals surface area contributed by atoms with Gasteiger partial charge in [0.1, 0.15) is 5.75 Å². The molecule has 27 heavy (non-hydrogen) atoms. The first-order valence-corrected chi connectivity index (χ1v) is 8.18. The first-order chi connectivity index (χ1) is 12.3. The van der Waals surface area contributed by atoms with Gasteiger partial charge >= 0.3 is 6.36 Å². The number of aliphatic imine (C=N–C) groups is 1. The lowest BCUT2D eigenvalue weighted by atomic mass is 10.2. The average Bonchev–Trinajstić information content (AvgIpc) is 2.59. The summed E-state index contributed by atoms with van der Waals surface area (Å²) in [5.41, 5.74) is 6.42. The zero-order chi connectivity index (χ0) is 19.0. The third kappa shape index (κ3) is 9.98. The molecule has 1 aliphatic rings. The number of guanidine groups is 1. The molecule has 0 saturated carbocycles. The van der Waals surface area contributed by atoms with Gasteiger partial charge in [0.2, 0.25) is 0 Å². The van der Waals surface area contributed by atoms with Gasteiger partial charge in [0.05, 0.1) is 25.9 Å². The van der Waals surface area contributed by atoms with Gasteiger partial charge in [0.25, 0.3) is 0 Å². The van der Waals surface area contributed by atoms with Crippen molar-refractivity contribution in [2.45, 2.75) is 19.0 Å². The van der Waals surface area contributed by atoms with Crippen molar-refractivity contribution < 1.29 is 27.8 Å². The van der Waals surface area contributed by atoms with Crippen LogP contribution in [-0.2, 0) is 11.3 Å². The molecule has 1 aliphatic heterocycles. The number of aliphatic hydroxyl groups excluding tert-OH is 1. The van der Waals surface area contributed by atoms with Crippen LogP contribution in [0.1, 0.15) is 5.56 Å². The molecule has 1 aromatic carbocycles. The minimum Gasteiger partial charge on any atom is -0.406 e. The lowest BCUT2D eigenvalue weighted by molar-refractivity contribution is -0.274. The molecule has 1 saturated heterocycles. The van der Waals surface area contributed by atoms with Crippen LogP contribution in [0.3, 0.4) is 0 Å². The second-order valence-electron chi connectivity index (χ2n) is 5.84. The van der Waals surface area contributed by atoms with Crippen molar-refractivity contribution in [2.24, 2.45) is 10.7 Å². The number of rotatable bonds is 7. The van der Waals surface area contributed by atoms with Crippen molar-refractivity contribution in [1.29, 1.82) is 0 Å². The fourth-order valence-corrected chi connectivity index (χ4v) is 2.40. The Morgan fingerprint density at radius 3 is 2.52 bits per heavy atom. The summed E-state index contributed by atoms with van der Waals surface area (Å²) in [6, 6.07) is 5.39. The van der Waals surface area contributed by atoms with Crippen LogP contribution in [0.5, 0.6) is 5.75 Å². The molecule has 1 fully saturated rings. The molecule has 0 aliphatic carbocycles. The molecule has 0 radical (unpaired) electrons. The normalized spacial score (nSPS) is 17.1. The van der Waals surface area contributed by atoms with E-state index in [9.17, 15) is 18.3 Å². The fourth-order valence-electron chi connectivity index (χ4n) is 2.40. The Labute approximate surface area is 172 Å². The largest absolute Gasteiger partial charge is 0.573 e. The SMILES string of the molecule is I.NC(=NCc1ccc(OC(F)(F)F)cc1)NCC(O)CN1CCOCC1. The first-order valence-electron chi connectivity index (χ1n) is 8.18. The number of nitrogens with one attached hydrogen (secondary N) is 1. The first kappa shape index (κ1) is 23.7. The van der Waals surface area contributed by atoms with Crippen LogP contribution >= 0.6 is 24.0 Å². The van der Waals surface area contributed by atoms with Crippen LogP contribution in [0.2, 0.25) is 0 Å². The Morgan fingerprint density at radius 1 is 1.30 bits per heavy atom. The van der Waals surface area contributed by atoms with E-state index in [1.165, 1.54) is 24.3 Å². The van der Waals surface area contributed by atoms with Gasteiger partial charge in [-0.15, -0.1) is 37.1 Å². The lowest BCUT2D eigenvalue weighted by Gasteiger charge is -2.28. The highest BCUT2D eigenvalue weighted by Crippen LogP contribution is 2.22. The number of nitrogens with two attached hydrogens (primary N) is 1. The van der Waals surface area contributed by atoms with E-state index >= 15 is 0 Å². The number of β-amino-alcohol motifs (C(OH)–C–C–N with tert-alkyl or cyclic N) is 1. The van der Waals surface area contributed by atoms with E-state index < -0.39 is 12.5 Å². The molecule has 1 heterocycles. The molecular weight excluding hydrogens is 480 g/mol. The number of benzene rings is 1. The molecule has 0 amide bonds. The van der Waals surface area contributed by atoms with Gasteiger partial charge in [-0.05, 0) is 17.7 Å². The van der Waals surface area contributed by atoms with Crippen molar-refractivity contribution in [3.05, 3.63) is 29.8 Å². The van der Waals surface area contributed by atoms with E-state index in [1.807, 2.05) is 0 Å². The predicted molar refractivity (Wildman–Crippen MR) is 105 cm³/mol. The van der Waals surface area contributed by atoms with Crippen LogP contribution in [-0.4, -0.2) is 67.8 Å². The number of aliphatic hydroxyl groups is 1. The van der Waals surface area contributed by atoms with Gasteiger partial charge in [-0.3, -0.25) is 4.90 Å². The molecule has 1 unspecified atom stereocenters. The zero-order valence-electron chi connectivity index (χ0n) is 14.6. The molecule has 7 nitrogen and oxygen atoms in total. The number of ether oxygens (including phenoxy) is 2. The van der Waals surface area contributed by atoms with Crippen molar-refractivity contribution in [1.82, 2.24) is 10.2 Å². The summed E-state index contributed by atoms with van der Waals surface area (Å²) >= 11 is 0. The third-order valence-electron chi connectivity index (χ3n) is 3.68. The van der Waals surface area contributed by atoms with E-state index in [1.54, 1.807) is 0 Å². The highest BCUT2D eigenvalue weighted by atomic mass is 127. The quantitative estimate of drug-likeness (QED) is 0.295. The Morgan fingerprint density at radius 2 is 1.93 bits per heavy atom. The summed E-state index contributed by atoms with van der Waals surface area (Å²) in [7, 11) is 0. The van der Waals surface area contributed by atoms with Gasteiger partial charge in [0.15, 0.2) is 5.96 Å². The lowest BCUT2D eigenvalue weighted by Crippen LogP contribution is -2.45. The van der Waals surface area contributed by atoms with Gasteiger partial charge < -0.3 is 25.6 Å². The summed E-state index contributed by atoms with van der Waals surface area (Å²) in [6.45, 7) is 3.87. The van der Waals surface area contributed by atoms with E-state index in [4.69, 9.17) is 10.5 Å². The number of nitrogens with zero attached hydrogens (tertiary/aromatic N) is 2. The number of hydrogen-bond acceptors (Lipinski definition) is 5. The maximum atomic E-state index is 12.1.